The lowest BCUT2D eigenvalue weighted by molar-refractivity contribution is -0.249. The van der Waals surface area contributed by atoms with Crippen LogP contribution in [-0.2, 0) is 4.79 Å². The van der Waals surface area contributed by atoms with E-state index in [4.69, 9.17) is 5.11 Å². The minimum atomic E-state index is -2.90. The first-order valence-electron chi connectivity index (χ1n) is 11.8. The lowest BCUT2D eigenvalue weighted by Crippen LogP contribution is -2.61. The van der Waals surface area contributed by atoms with Crippen LogP contribution in [0.2, 0.25) is 0 Å². The molecule has 0 amide bonds. The van der Waals surface area contributed by atoms with Gasteiger partial charge in [0.1, 0.15) is 0 Å². The van der Waals surface area contributed by atoms with Crippen LogP contribution in [0.3, 0.4) is 0 Å². The van der Waals surface area contributed by atoms with Crippen LogP contribution in [0.25, 0.3) is 0 Å². The molecule has 0 aromatic carbocycles. The van der Waals surface area contributed by atoms with Crippen LogP contribution in [0.4, 0.5) is 17.6 Å². The first-order valence-corrected chi connectivity index (χ1v) is 11.8. The molecule has 1 unspecified atom stereocenters. The van der Waals surface area contributed by atoms with Crippen molar-refractivity contribution in [3.8, 4) is 0 Å². The molecule has 0 heterocycles. The summed E-state index contributed by atoms with van der Waals surface area (Å²) in [4.78, 5) is 11.0. The number of aliphatic carboxylic acids is 1. The van der Waals surface area contributed by atoms with Crippen molar-refractivity contribution in [3.63, 3.8) is 0 Å². The van der Waals surface area contributed by atoms with Gasteiger partial charge in [-0.05, 0) is 78.9 Å². The summed E-state index contributed by atoms with van der Waals surface area (Å²) in [6.45, 7) is 6.25. The molecule has 4 rings (SSSR count). The minimum absolute atomic E-state index is 0.0938. The number of halogens is 4. The van der Waals surface area contributed by atoms with Crippen LogP contribution in [-0.4, -0.2) is 22.9 Å². The van der Waals surface area contributed by atoms with Gasteiger partial charge in [0, 0.05) is 31.6 Å². The molecule has 6 heteroatoms. The van der Waals surface area contributed by atoms with Gasteiger partial charge in [-0.2, -0.15) is 0 Å². The first kappa shape index (κ1) is 22.4. The summed E-state index contributed by atoms with van der Waals surface area (Å²) in [6, 6.07) is 0. The van der Waals surface area contributed by atoms with E-state index in [9.17, 15) is 13.6 Å². The smallest absolute Gasteiger partial charge is 0.303 e. The van der Waals surface area contributed by atoms with E-state index in [1.807, 2.05) is 6.92 Å². The molecular formula is C24H36F4O2. The summed E-state index contributed by atoms with van der Waals surface area (Å²) in [5, 5.41) is 9.05. The van der Waals surface area contributed by atoms with Gasteiger partial charge in [-0.15, -0.1) is 0 Å². The molecule has 172 valence electrons. The van der Waals surface area contributed by atoms with E-state index in [1.165, 1.54) is 0 Å². The number of hydrogen-bond acceptors (Lipinski definition) is 1. The van der Waals surface area contributed by atoms with Crippen molar-refractivity contribution in [1.82, 2.24) is 0 Å². The van der Waals surface area contributed by atoms with Crippen LogP contribution in [0.5, 0.6) is 0 Å². The Morgan fingerprint density at radius 2 is 1.63 bits per heavy atom. The van der Waals surface area contributed by atoms with E-state index < -0.39 is 41.5 Å². The fraction of sp³-hybridized carbons (Fsp3) is 0.958. The Morgan fingerprint density at radius 3 is 2.30 bits per heavy atom. The Kier molecular flexibility index (Phi) is 5.30. The molecule has 4 fully saturated rings. The third-order valence-corrected chi connectivity index (χ3v) is 10.2. The van der Waals surface area contributed by atoms with Gasteiger partial charge in [0.05, 0.1) is 0 Å². The van der Waals surface area contributed by atoms with E-state index in [0.717, 1.165) is 19.3 Å². The highest BCUT2D eigenvalue weighted by Crippen LogP contribution is 2.71. The highest BCUT2D eigenvalue weighted by molar-refractivity contribution is 5.66. The summed E-state index contributed by atoms with van der Waals surface area (Å²) in [5.41, 5.74) is -0.618. The maximum Gasteiger partial charge on any atom is 0.303 e. The summed E-state index contributed by atoms with van der Waals surface area (Å²) in [6.07, 6.45) is 3.27. The molecule has 0 radical (unpaired) electrons. The molecule has 0 aromatic heterocycles. The van der Waals surface area contributed by atoms with Gasteiger partial charge in [-0.3, -0.25) is 4.79 Å². The van der Waals surface area contributed by atoms with Crippen LogP contribution in [0.1, 0.15) is 85.0 Å². The molecule has 4 saturated carbocycles. The number of rotatable bonds is 4. The predicted octanol–water partition coefficient (Wildman–Crippen LogP) is 7.03. The second-order valence-corrected chi connectivity index (χ2v) is 11.6. The molecule has 0 aromatic rings. The zero-order valence-electron chi connectivity index (χ0n) is 18.4. The Bertz CT molecular complexity index is 695. The second kappa shape index (κ2) is 7.10. The number of fused-ring (bicyclic) bond motifs is 5. The maximum atomic E-state index is 15.6. The lowest BCUT2D eigenvalue weighted by atomic mass is 9.43. The Morgan fingerprint density at radius 1 is 0.967 bits per heavy atom. The quantitative estimate of drug-likeness (QED) is 0.484. The zero-order valence-corrected chi connectivity index (χ0v) is 18.4. The van der Waals surface area contributed by atoms with Gasteiger partial charge < -0.3 is 5.11 Å². The van der Waals surface area contributed by atoms with Crippen LogP contribution in [0.15, 0.2) is 0 Å². The van der Waals surface area contributed by atoms with Gasteiger partial charge in [-0.25, -0.2) is 17.6 Å². The van der Waals surface area contributed by atoms with E-state index in [-0.39, 0.29) is 48.3 Å². The van der Waals surface area contributed by atoms with Crippen LogP contribution < -0.4 is 0 Å². The summed E-state index contributed by atoms with van der Waals surface area (Å²) in [5.74, 6) is -7.66. The molecule has 0 aliphatic heterocycles. The SMILES string of the molecule is C[C@H](CCC(=O)O)C1CC[C@H]2[C@H]3[C@H](CC[C@]12C)[C@@]1(C)CCC(F)(F)C[C@H]1CC3(F)F. The first-order chi connectivity index (χ1) is 13.8. The molecule has 0 saturated heterocycles. The molecule has 30 heavy (non-hydrogen) atoms. The average molecular weight is 433 g/mol. The number of carboxylic acid groups (broad SMARTS) is 1. The molecule has 4 aliphatic rings. The number of alkyl halides is 4. The standard InChI is InChI=1S/C24H36F4O2/c1-14(4-7-19(29)30)16-5-6-17-20-18(8-9-22(16,17)3)21(2)10-11-23(25,26)12-15(21)13-24(20,27)28/h14-18,20H,4-13H2,1-3H3,(H,29,30)/t14-,15+,16?,17+,18+,20+,21+,22-/m1/s1. The summed E-state index contributed by atoms with van der Waals surface area (Å²) >= 11 is 0. The van der Waals surface area contributed by atoms with Crippen molar-refractivity contribution in [2.24, 2.45) is 46.3 Å². The number of carboxylic acids is 1. The van der Waals surface area contributed by atoms with Crippen molar-refractivity contribution in [2.75, 3.05) is 0 Å². The summed E-state index contributed by atoms with van der Waals surface area (Å²) < 4.78 is 59.4. The largest absolute Gasteiger partial charge is 0.481 e. The van der Waals surface area contributed by atoms with Crippen molar-refractivity contribution < 1.29 is 27.5 Å². The maximum absolute atomic E-state index is 15.6. The third kappa shape index (κ3) is 3.39. The lowest BCUT2D eigenvalue weighted by Gasteiger charge is -2.63. The van der Waals surface area contributed by atoms with E-state index in [2.05, 4.69) is 13.8 Å². The normalized spacial score (nSPS) is 47.6. The monoisotopic (exact) mass is 432 g/mol. The van der Waals surface area contributed by atoms with Crippen molar-refractivity contribution >= 4 is 5.97 Å². The topological polar surface area (TPSA) is 37.3 Å². The Hall–Kier alpha value is -0.810. The van der Waals surface area contributed by atoms with Gasteiger partial charge in [0.2, 0.25) is 5.92 Å². The molecule has 0 bridgehead atoms. The van der Waals surface area contributed by atoms with E-state index in [1.54, 1.807) is 0 Å². The Labute approximate surface area is 177 Å². The average Bonchev–Trinajstić information content (AvgIpc) is 2.98. The highest BCUT2D eigenvalue weighted by Gasteiger charge is 2.69. The molecule has 0 spiro atoms. The molecule has 2 nitrogen and oxygen atoms in total. The van der Waals surface area contributed by atoms with Crippen molar-refractivity contribution in [3.05, 3.63) is 0 Å². The van der Waals surface area contributed by atoms with Gasteiger partial charge in [0.25, 0.3) is 5.92 Å². The highest BCUT2D eigenvalue weighted by atomic mass is 19.3. The molecule has 8 atom stereocenters. The molecule has 4 aliphatic carbocycles. The Balaban J connectivity index is 1.61. The van der Waals surface area contributed by atoms with E-state index in [0.29, 0.717) is 19.3 Å². The second-order valence-electron chi connectivity index (χ2n) is 11.6. The zero-order chi connectivity index (χ0) is 22.1. The van der Waals surface area contributed by atoms with Crippen LogP contribution in [0, 0.1) is 46.3 Å². The number of hydrogen-bond donors (Lipinski definition) is 1. The van der Waals surface area contributed by atoms with E-state index >= 15 is 8.78 Å². The number of carbonyl (C=O) groups is 1. The van der Waals surface area contributed by atoms with Crippen molar-refractivity contribution in [1.29, 1.82) is 0 Å². The molecule has 1 N–H and O–H groups in total. The fourth-order valence-electron chi connectivity index (χ4n) is 8.61. The fourth-order valence-corrected chi connectivity index (χ4v) is 8.61. The van der Waals surface area contributed by atoms with Crippen LogP contribution >= 0.6 is 0 Å². The predicted molar refractivity (Wildman–Crippen MR) is 107 cm³/mol. The molecular weight excluding hydrogens is 396 g/mol. The third-order valence-electron chi connectivity index (χ3n) is 10.2. The van der Waals surface area contributed by atoms with Gasteiger partial charge >= 0.3 is 5.97 Å². The minimum Gasteiger partial charge on any atom is -0.481 e. The van der Waals surface area contributed by atoms with Crippen molar-refractivity contribution in [2.45, 2.75) is 96.8 Å². The summed E-state index contributed by atoms with van der Waals surface area (Å²) in [7, 11) is 0. The van der Waals surface area contributed by atoms with Gasteiger partial charge in [-0.1, -0.05) is 20.8 Å². The van der Waals surface area contributed by atoms with Gasteiger partial charge in [0.15, 0.2) is 0 Å².